The van der Waals surface area contributed by atoms with Crippen LogP contribution < -0.4 is 16.4 Å². The number of rotatable bonds is 6. The number of carboxylic acid groups (broad SMARTS) is 1. The lowest BCUT2D eigenvalue weighted by Gasteiger charge is -2.14. The lowest BCUT2D eigenvalue weighted by molar-refractivity contribution is -0.139. The molecule has 0 fully saturated rings. The van der Waals surface area contributed by atoms with Gasteiger partial charge in [0.1, 0.15) is 6.04 Å². The van der Waals surface area contributed by atoms with Crippen LogP contribution in [0.15, 0.2) is 24.3 Å². The largest absolute Gasteiger partial charge is 0.480 e. The zero-order chi connectivity index (χ0) is 15.1. The van der Waals surface area contributed by atoms with Crippen LogP contribution in [0.1, 0.15) is 16.8 Å². The van der Waals surface area contributed by atoms with Crippen molar-refractivity contribution in [3.63, 3.8) is 0 Å². The van der Waals surface area contributed by atoms with Crippen molar-refractivity contribution in [3.05, 3.63) is 29.8 Å². The zero-order valence-electron chi connectivity index (χ0n) is 10.5. The van der Waals surface area contributed by atoms with E-state index in [1.807, 2.05) is 0 Å². The number of aliphatic carboxylic acids is 1. The highest BCUT2D eigenvalue weighted by Gasteiger charge is 2.19. The van der Waals surface area contributed by atoms with Crippen molar-refractivity contribution in [3.8, 4) is 0 Å². The molecule has 6 N–H and O–H groups in total. The molecule has 0 heterocycles. The molecule has 0 aliphatic heterocycles. The normalized spacial score (nSPS) is 11.4. The molecule has 0 aromatic heterocycles. The summed E-state index contributed by atoms with van der Waals surface area (Å²) in [5.74, 6) is -1.89. The number of nitrogens with two attached hydrogens (primary N) is 1. The number of aliphatic hydroxyl groups is 1. The molecule has 0 spiro atoms. The van der Waals surface area contributed by atoms with E-state index in [2.05, 4.69) is 10.6 Å². The summed E-state index contributed by atoms with van der Waals surface area (Å²) >= 11 is 0. The van der Waals surface area contributed by atoms with E-state index in [1.54, 1.807) is 0 Å². The maximum atomic E-state index is 11.6. The molecule has 1 atom stereocenters. The Bertz CT molecular complexity index is 518. The number of anilines is 1. The molecule has 1 rings (SSSR count). The van der Waals surface area contributed by atoms with Crippen molar-refractivity contribution in [2.75, 3.05) is 11.9 Å². The van der Waals surface area contributed by atoms with Gasteiger partial charge < -0.3 is 26.6 Å². The standard InChI is InChI=1S/C12H15N3O5/c13-10(17)7-2-1-3-8(6-7)14-12(20)15-9(4-5-16)11(18)19/h1-3,6,9,16H,4-5H2,(H2,13,17)(H,18,19)(H2,14,15,20)/t9-/m1/s1. The van der Waals surface area contributed by atoms with Crippen molar-refractivity contribution in [2.45, 2.75) is 12.5 Å². The van der Waals surface area contributed by atoms with Crippen molar-refractivity contribution in [2.24, 2.45) is 5.73 Å². The number of primary amides is 1. The number of amides is 3. The average molecular weight is 281 g/mol. The Morgan fingerprint density at radius 2 is 2.00 bits per heavy atom. The third-order valence-corrected chi connectivity index (χ3v) is 2.43. The summed E-state index contributed by atoms with van der Waals surface area (Å²) in [4.78, 5) is 33.4. The second-order valence-electron chi connectivity index (χ2n) is 3.95. The van der Waals surface area contributed by atoms with Gasteiger partial charge >= 0.3 is 12.0 Å². The minimum atomic E-state index is -1.25. The number of hydrogen-bond donors (Lipinski definition) is 5. The van der Waals surface area contributed by atoms with Gasteiger partial charge in [0.15, 0.2) is 0 Å². The molecule has 8 nitrogen and oxygen atoms in total. The van der Waals surface area contributed by atoms with Gasteiger partial charge in [0, 0.05) is 24.3 Å². The Morgan fingerprint density at radius 3 is 2.55 bits per heavy atom. The highest BCUT2D eigenvalue weighted by atomic mass is 16.4. The summed E-state index contributed by atoms with van der Waals surface area (Å²) in [6.45, 7) is -0.367. The van der Waals surface area contributed by atoms with Crippen molar-refractivity contribution < 1.29 is 24.6 Å². The number of carboxylic acids is 1. The van der Waals surface area contributed by atoms with Gasteiger partial charge in [-0.2, -0.15) is 0 Å². The number of benzene rings is 1. The van der Waals surface area contributed by atoms with Crippen LogP contribution in [-0.4, -0.2) is 40.8 Å². The Labute approximate surface area is 114 Å². The molecule has 0 saturated heterocycles. The fourth-order valence-corrected chi connectivity index (χ4v) is 1.46. The van der Waals surface area contributed by atoms with E-state index in [9.17, 15) is 14.4 Å². The van der Waals surface area contributed by atoms with Crippen LogP contribution in [0.3, 0.4) is 0 Å². The molecule has 0 saturated carbocycles. The van der Waals surface area contributed by atoms with E-state index in [-0.39, 0.29) is 18.6 Å². The van der Waals surface area contributed by atoms with E-state index in [0.29, 0.717) is 5.69 Å². The van der Waals surface area contributed by atoms with Crippen LogP contribution in [0.25, 0.3) is 0 Å². The molecule has 0 aliphatic rings. The van der Waals surface area contributed by atoms with Crippen molar-refractivity contribution in [1.82, 2.24) is 5.32 Å². The quantitative estimate of drug-likeness (QED) is 0.488. The molecule has 8 heteroatoms. The Morgan fingerprint density at radius 1 is 1.30 bits per heavy atom. The van der Waals surface area contributed by atoms with Gasteiger partial charge in [-0.05, 0) is 18.2 Å². The molecule has 108 valence electrons. The van der Waals surface area contributed by atoms with Gasteiger partial charge in [-0.15, -0.1) is 0 Å². The first-order chi connectivity index (χ1) is 9.43. The lowest BCUT2D eigenvalue weighted by Crippen LogP contribution is -2.43. The number of nitrogens with one attached hydrogen (secondary N) is 2. The number of carbonyl (C=O) groups excluding carboxylic acids is 2. The molecule has 0 bridgehead atoms. The summed E-state index contributed by atoms with van der Waals surface area (Å²) in [6, 6.07) is 3.94. The van der Waals surface area contributed by atoms with Gasteiger partial charge in [0.05, 0.1) is 0 Å². The Balaban J connectivity index is 2.68. The third kappa shape index (κ3) is 4.58. The molecular weight excluding hydrogens is 266 g/mol. The molecule has 20 heavy (non-hydrogen) atoms. The van der Waals surface area contributed by atoms with Crippen LogP contribution in [0, 0.1) is 0 Å². The zero-order valence-corrected chi connectivity index (χ0v) is 10.5. The first-order valence-electron chi connectivity index (χ1n) is 5.75. The van der Waals surface area contributed by atoms with E-state index in [1.165, 1.54) is 24.3 Å². The van der Waals surface area contributed by atoms with Crippen LogP contribution in [0.2, 0.25) is 0 Å². The topological polar surface area (TPSA) is 142 Å². The highest BCUT2D eigenvalue weighted by Crippen LogP contribution is 2.10. The predicted molar refractivity (Wildman–Crippen MR) is 70.2 cm³/mol. The van der Waals surface area contributed by atoms with Crippen molar-refractivity contribution in [1.29, 1.82) is 0 Å². The number of urea groups is 1. The lowest BCUT2D eigenvalue weighted by atomic mass is 10.2. The van der Waals surface area contributed by atoms with Gasteiger partial charge in [-0.1, -0.05) is 6.07 Å². The molecule has 0 unspecified atom stereocenters. The maximum Gasteiger partial charge on any atom is 0.326 e. The van der Waals surface area contributed by atoms with E-state index < -0.39 is 23.9 Å². The van der Waals surface area contributed by atoms with Gasteiger partial charge in [0.2, 0.25) is 5.91 Å². The number of carbonyl (C=O) groups is 3. The molecule has 3 amide bonds. The monoisotopic (exact) mass is 281 g/mol. The second kappa shape index (κ2) is 7.10. The number of aliphatic hydroxyl groups excluding tert-OH is 1. The fraction of sp³-hybridized carbons (Fsp3) is 0.250. The minimum Gasteiger partial charge on any atom is -0.480 e. The first kappa shape index (κ1) is 15.4. The van der Waals surface area contributed by atoms with E-state index in [4.69, 9.17) is 15.9 Å². The molecule has 1 aromatic rings. The summed E-state index contributed by atoms with van der Waals surface area (Å²) < 4.78 is 0. The molecule has 0 radical (unpaired) electrons. The van der Waals surface area contributed by atoms with E-state index in [0.717, 1.165) is 0 Å². The Kier molecular flexibility index (Phi) is 5.48. The first-order valence-corrected chi connectivity index (χ1v) is 5.75. The van der Waals surface area contributed by atoms with Crippen LogP contribution in [-0.2, 0) is 4.79 Å². The summed E-state index contributed by atoms with van der Waals surface area (Å²) in [5, 5.41) is 22.1. The van der Waals surface area contributed by atoms with Crippen LogP contribution >= 0.6 is 0 Å². The van der Waals surface area contributed by atoms with Gasteiger partial charge in [-0.25, -0.2) is 9.59 Å². The fourth-order valence-electron chi connectivity index (χ4n) is 1.46. The van der Waals surface area contributed by atoms with Gasteiger partial charge in [-0.3, -0.25) is 4.79 Å². The van der Waals surface area contributed by atoms with Gasteiger partial charge in [0.25, 0.3) is 0 Å². The van der Waals surface area contributed by atoms with Crippen LogP contribution in [0.5, 0.6) is 0 Å². The SMILES string of the molecule is NC(=O)c1cccc(NC(=O)N[C@H](CCO)C(=O)O)c1. The Hall–Kier alpha value is -2.61. The summed E-state index contributed by atoms with van der Waals surface area (Å²) in [6.07, 6.45) is -0.107. The number of hydrogen-bond acceptors (Lipinski definition) is 4. The van der Waals surface area contributed by atoms with E-state index >= 15 is 0 Å². The summed E-state index contributed by atoms with van der Waals surface area (Å²) in [5.41, 5.74) is 5.61. The second-order valence-corrected chi connectivity index (χ2v) is 3.95. The third-order valence-electron chi connectivity index (χ3n) is 2.43. The van der Waals surface area contributed by atoms with Crippen molar-refractivity contribution >= 4 is 23.6 Å². The predicted octanol–water partition coefficient (Wildman–Crippen LogP) is -0.257. The maximum absolute atomic E-state index is 11.6. The molecular formula is C12H15N3O5. The summed E-state index contributed by atoms with van der Waals surface area (Å²) in [7, 11) is 0. The molecule has 1 aromatic carbocycles. The molecule has 0 aliphatic carbocycles. The van der Waals surface area contributed by atoms with Crippen LogP contribution in [0.4, 0.5) is 10.5 Å². The minimum absolute atomic E-state index is 0.107. The average Bonchev–Trinajstić information content (AvgIpc) is 2.38. The highest BCUT2D eigenvalue weighted by molar-refractivity contribution is 5.96. The smallest absolute Gasteiger partial charge is 0.326 e.